The number of aromatic nitrogens is 2. The van der Waals surface area contributed by atoms with Crippen molar-refractivity contribution in [3.8, 4) is 28.3 Å². The highest BCUT2D eigenvalue weighted by Gasteiger charge is 2.13. The minimum Gasteiger partial charge on any atom is -0.497 e. The van der Waals surface area contributed by atoms with E-state index in [1.165, 1.54) is 18.2 Å². The largest absolute Gasteiger partial charge is 0.497 e. The molecule has 0 amide bonds. The number of H-pyrrole nitrogens is 1. The van der Waals surface area contributed by atoms with Gasteiger partial charge in [-0.3, -0.25) is 4.55 Å². The standard InChI is InChI=1S/C21H17F2N3O3S/c1-29-15-5-7-19-20(10-15)26-21(25-19)16-6-4-13(9-18(16)23)12-2-3-14(17(22)8-12)11-24-30(27)28/h2-10,24H,11H2,1H3,(H,25,26)(H,27,28). The zero-order chi connectivity index (χ0) is 21.3. The Hall–Kier alpha value is -3.14. The van der Waals surface area contributed by atoms with Gasteiger partial charge in [-0.05, 0) is 41.5 Å². The highest BCUT2D eigenvalue weighted by molar-refractivity contribution is 7.77. The van der Waals surface area contributed by atoms with Crippen LogP contribution >= 0.6 is 0 Å². The van der Waals surface area contributed by atoms with E-state index in [2.05, 4.69) is 14.7 Å². The van der Waals surface area contributed by atoms with Gasteiger partial charge in [-0.25, -0.2) is 22.7 Å². The van der Waals surface area contributed by atoms with Crippen LogP contribution in [0.5, 0.6) is 5.75 Å². The molecule has 3 aromatic carbocycles. The lowest BCUT2D eigenvalue weighted by Crippen LogP contribution is -2.16. The van der Waals surface area contributed by atoms with Gasteiger partial charge in [-0.2, -0.15) is 0 Å². The number of imidazole rings is 1. The van der Waals surface area contributed by atoms with Crippen LogP contribution in [0, 0.1) is 11.6 Å². The Labute approximate surface area is 173 Å². The predicted molar refractivity (Wildman–Crippen MR) is 111 cm³/mol. The summed E-state index contributed by atoms with van der Waals surface area (Å²) in [7, 11) is 1.57. The fourth-order valence-corrected chi connectivity index (χ4v) is 3.42. The molecule has 0 bridgehead atoms. The molecule has 4 rings (SSSR count). The number of hydrogen-bond donors (Lipinski definition) is 3. The van der Waals surface area contributed by atoms with Crippen LogP contribution in [0.1, 0.15) is 5.56 Å². The summed E-state index contributed by atoms with van der Waals surface area (Å²) in [6, 6.07) is 14.3. The fourth-order valence-electron chi connectivity index (χ4n) is 3.14. The Morgan fingerprint density at radius 3 is 2.47 bits per heavy atom. The van der Waals surface area contributed by atoms with Crippen LogP contribution in [-0.2, 0) is 17.8 Å². The van der Waals surface area contributed by atoms with E-state index in [9.17, 15) is 13.0 Å². The zero-order valence-corrected chi connectivity index (χ0v) is 16.6. The molecule has 9 heteroatoms. The molecule has 0 aliphatic rings. The van der Waals surface area contributed by atoms with Crippen molar-refractivity contribution >= 4 is 22.3 Å². The monoisotopic (exact) mass is 429 g/mol. The number of rotatable bonds is 6. The number of nitrogens with one attached hydrogen (secondary N) is 2. The Bertz CT molecular complexity index is 1260. The van der Waals surface area contributed by atoms with Crippen molar-refractivity contribution in [2.24, 2.45) is 0 Å². The molecule has 0 aliphatic carbocycles. The average molecular weight is 429 g/mol. The molecule has 0 radical (unpaired) electrons. The predicted octanol–water partition coefficient (Wildman–Crippen LogP) is 4.41. The highest BCUT2D eigenvalue weighted by atomic mass is 32.2. The van der Waals surface area contributed by atoms with Crippen LogP contribution in [0.15, 0.2) is 54.6 Å². The summed E-state index contributed by atoms with van der Waals surface area (Å²) in [5.41, 5.74) is 2.92. The maximum Gasteiger partial charge on any atom is 0.232 e. The van der Waals surface area contributed by atoms with Crippen molar-refractivity contribution in [3.05, 3.63) is 71.8 Å². The Kier molecular flexibility index (Phi) is 5.58. The van der Waals surface area contributed by atoms with Crippen molar-refractivity contribution in [2.75, 3.05) is 7.11 Å². The molecule has 1 unspecified atom stereocenters. The van der Waals surface area contributed by atoms with Crippen molar-refractivity contribution in [1.82, 2.24) is 14.7 Å². The maximum atomic E-state index is 14.8. The molecule has 0 saturated heterocycles. The van der Waals surface area contributed by atoms with Crippen LogP contribution in [0.2, 0.25) is 0 Å². The van der Waals surface area contributed by atoms with E-state index in [4.69, 9.17) is 9.29 Å². The topological polar surface area (TPSA) is 87.2 Å². The summed E-state index contributed by atoms with van der Waals surface area (Å²) in [4.78, 5) is 7.50. The molecule has 154 valence electrons. The number of benzene rings is 3. The Morgan fingerprint density at radius 2 is 1.80 bits per heavy atom. The van der Waals surface area contributed by atoms with Crippen molar-refractivity contribution in [3.63, 3.8) is 0 Å². The van der Waals surface area contributed by atoms with Crippen LogP contribution < -0.4 is 9.46 Å². The SMILES string of the molecule is COc1ccc2nc(-c3ccc(-c4ccc(CNS(=O)O)c(F)c4)cc3F)[nH]c2c1. The molecule has 3 N–H and O–H groups in total. The van der Waals surface area contributed by atoms with Gasteiger partial charge in [0.25, 0.3) is 0 Å². The van der Waals surface area contributed by atoms with Gasteiger partial charge in [-0.15, -0.1) is 0 Å². The van der Waals surface area contributed by atoms with Gasteiger partial charge in [0.05, 0.1) is 23.7 Å². The lowest BCUT2D eigenvalue weighted by atomic mass is 10.0. The molecule has 0 spiro atoms. The Balaban J connectivity index is 1.63. The van der Waals surface area contributed by atoms with Crippen molar-refractivity contribution in [2.45, 2.75) is 6.54 Å². The third-order valence-electron chi connectivity index (χ3n) is 4.69. The Morgan fingerprint density at radius 1 is 1.07 bits per heavy atom. The van der Waals surface area contributed by atoms with Gasteiger partial charge in [0.2, 0.25) is 11.3 Å². The first-order valence-electron chi connectivity index (χ1n) is 8.91. The molecular formula is C21H17F2N3O3S. The van der Waals surface area contributed by atoms with Gasteiger partial charge in [-0.1, -0.05) is 18.2 Å². The molecule has 0 fully saturated rings. The minimum atomic E-state index is -2.23. The number of hydrogen-bond acceptors (Lipinski definition) is 3. The summed E-state index contributed by atoms with van der Waals surface area (Å²) in [5, 5.41) is 0. The smallest absolute Gasteiger partial charge is 0.232 e. The van der Waals surface area contributed by atoms with Gasteiger partial charge in [0.15, 0.2) is 0 Å². The summed E-state index contributed by atoms with van der Waals surface area (Å²) >= 11 is -2.23. The molecule has 1 aromatic heterocycles. The van der Waals surface area contributed by atoms with E-state index < -0.39 is 22.9 Å². The maximum absolute atomic E-state index is 14.8. The quantitative estimate of drug-likeness (QED) is 0.396. The molecule has 1 heterocycles. The minimum absolute atomic E-state index is 0.0979. The van der Waals surface area contributed by atoms with Crippen LogP contribution in [0.3, 0.4) is 0 Å². The summed E-state index contributed by atoms with van der Waals surface area (Å²) < 4.78 is 55.9. The van der Waals surface area contributed by atoms with Gasteiger partial charge in [0.1, 0.15) is 23.2 Å². The third kappa shape index (κ3) is 4.09. The van der Waals surface area contributed by atoms with E-state index in [1.807, 2.05) is 0 Å². The third-order valence-corrected chi connectivity index (χ3v) is 5.08. The number of aromatic amines is 1. The molecule has 30 heavy (non-hydrogen) atoms. The second kappa shape index (κ2) is 8.31. The molecule has 0 saturated carbocycles. The highest BCUT2D eigenvalue weighted by Crippen LogP contribution is 2.29. The number of nitrogens with zero attached hydrogens (tertiary/aromatic N) is 1. The second-order valence-electron chi connectivity index (χ2n) is 6.54. The van der Waals surface area contributed by atoms with Gasteiger partial charge < -0.3 is 9.72 Å². The van der Waals surface area contributed by atoms with Gasteiger partial charge in [0, 0.05) is 18.2 Å². The van der Waals surface area contributed by atoms with Crippen molar-refractivity contribution < 1.29 is 22.3 Å². The first kappa shape index (κ1) is 20.1. The fraction of sp³-hybridized carbons (Fsp3) is 0.0952. The molecule has 1 atom stereocenters. The number of methoxy groups -OCH3 is 1. The average Bonchev–Trinajstić information content (AvgIpc) is 3.15. The lowest BCUT2D eigenvalue weighted by molar-refractivity contribution is 0.415. The van der Waals surface area contributed by atoms with Crippen LogP contribution in [0.4, 0.5) is 8.78 Å². The number of ether oxygens (including phenoxy) is 1. The van der Waals surface area contributed by atoms with Gasteiger partial charge >= 0.3 is 0 Å². The lowest BCUT2D eigenvalue weighted by Gasteiger charge is -2.08. The summed E-state index contributed by atoms with van der Waals surface area (Å²) in [6.45, 7) is -0.0979. The first-order valence-corrected chi connectivity index (χ1v) is 10.0. The number of fused-ring (bicyclic) bond motifs is 1. The summed E-state index contributed by atoms with van der Waals surface area (Å²) in [5.74, 6) is -0.00662. The second-order valence-corrected chi connectivity index (χ2v) is 7.33. The normalized spacial score (nSPS) is 12.3. The van der Waals surface area contributed by atoms with Crippen molar-refractivity contribution in [1.29, 1.82) is 0 Å². The number of halogens is 2. The van der Waals surface area contributed by atoms with Crippen LogP contribution in [0.25, 0.3) is 33.5 Å². The van der Waals surface area contributed by atoms with E-state index in [0.717, 1.165) is 5.52 Å². The van der Waals surface area contributed by atoms with E-state index in [0.29, 0.717) is 33.8 Å². The zero-order valence-electron chi connectivity index (χ0n) is 15.8. The van der Waals surface area contributed by atoms with E-state index in [-0.39, 0.29) is 12.1 Å². The van der Waals surface area contributed by atoms with Crippen LogP contribution in [-0.4, -0.2) is 25.8 Å². The molecule has 0 aliphatic heterocycles. The molecule has 6 nitrogen and oxygen atoms in total. The summed E-state index contributed by atoms with van der Waals surface area (Å²) in [6.07, 6.45) is 0. The van der Waals surface area contributed by atoms with E-state index in [1.54, 1.807) is 43.5 Å². The van der Waals surface area contributed by atoms with E-state index >= 15 is 0 Å². The first-order chi connectivity index (χ1) is 14.4. The molecular weight excluding hydrogens is 412 g/mol. The molecule has 4 aromatic rings.